The number of hydrogen-bond acceptors (Lipinski definition) is 8. The first-order chi connectivity index (χ1) is 26.2. The van der Waals surface area contributed by atoms with Crippen molar-refractivity contribution in [2.45, 2.75) is 122 Å². The Labute approximate surface area is 341 Å². The molecule has 9 heteroatoms. The summed E-state index contributed by atoms with van der Waals surface area (Å²) in [5.74, 6) is 2.85. The molecule has 1 N–H and O–H groups in total. The van der Waals surface area contributed by atoms with Gasteiger partial charge >= 0.3 is 5.97 Å². The maximum absolute atomic E-state index is 12.9. The number of benzene rings is 3. The average Bonchev–Trinajstić information content (AvgIpc) is 3.19. The highest BCUT2D eigenvalue weighted by atomic mass is 32.2. The number of esters is 1. The molecule has 1 aliphatic rings. The van der Waals surface area contributed by atoms with Gasteiger partial charge in [0, 0.05) is 31.3 Å². The van der Waals surface area contributed by atoms with Gasteiger partial charge in [-0.2, -0.15) is 0 Å². The quantitative estimate of drug-likeness (QED) is 0.0688. The Morgan fingerprint density at radius 1 is 0.891 bits per heavy atom. The molecule has 0 unspecified atom stereocenters. The zero-order valence-corrected chi connectivity index (χ0v) is 37.3. The second kappa shape index (κ2) is 21.3. The van der Waals surface area contributed by atoms with Crippen molar-refractivity contribution in [3.8, 4) is 5.75 Å². The molecule has 3 aromatic carbocycles. The fourth-order valence-corrected chi connectivity index (χ4v) is 15.4. The van der Waals surface area contributed by atoms with Crippen LogP contribution in [0.2, 0.25) is 5.04 Å². The molecule has 3 aromatic rings. The third-order valence-corrected chi connectivity index (χ3v) is 19.6. The first-order valence-electron chi connectivity index (χ1n) is 20.0. The summed E-state index contributed by atoms with van der Waals surface area (Å²) in [5.41, 5.74) is 1.73. The molecule has 4 atom stereocenters. The predicted octanol–water partition coefficient (Wildman–Crippen LogP) is 9.81. The van der Waals surface area contributed by atoms with Crippen molar-refractivity contribution in [1.82, 2.24) is 0 Å². The van der Waals surface area contributed by atoms with E-state index in [1.807, 2.05) is 54.7 Å². The summed E-state index contributed by atoms with van der Waals surface area (Å²) in [5, 5.41) is 14.2. The van der Waals surface area contributed by atoms with Crippen molar-refractivity contribution in [1.29, 1.82) is 0 Å². The van der Waals surface area contributed by atoms with Crippen LogP contribution in [-0.2, 0) is 25.3 Å². The first-order valence-corrected chi connectivity index (χ1v) is 24.0. The lowest BCUT2D eigenvalue weighted by Crippen LogP contribution is -2.66. The van der Waals surface area contributed by atoms with Gasteiger partial charge in [0.1, 0.15) is 11.9 Å². The molecular formula is C46H66O6S2Si. The molecule has 0 radical (unpaired) electrons. The highest BCUT2D eigenvalue weighted by Crippen LogP contribution is 2.46. The molecule has 0 amide bonds. The third-order valence-electron chi connectivity index (χ3n) is 10.9. The van der Waals surface area contributed by atoms with Crippen LogP contribution in [0.25, 0.3) is 0 Å². The summed E-state index contributed by atoms with van der Waals surface area (Å²) in [6, 6.07) is 29.5. The van der Waals surface area contributed by atoms with Crippen LogP contribution in [0.1, 0.15) is 93.1 Å². The van der Waals surface area contributed by atoms with Gasteiger partial charge in [0.25, 0.3) is 8.32 Å². The van der Waals surface area contributed by atoms with E-state index in [4.69, 9.17) is 18.6 Å². The number of carbonyl (C=O) groups excluding carboxylic acids is 1. The Kier molecular flexibility index (Phi) is 17.5. The SMILES string of the molecule is CCC(=O)O[C@H](C[C@@H](OCc1ccc(OC)cc1)/C(C)=C\[C@@H](CC)CO[Si](c1ccccc1)(c1ccccc1)C(C)(C)C)C[C@H](O)C(C)(C)C1SCCCS1. The molecule has 6 nitrogen and oxygen atoms in total. The summed E-state index contributed by atoms with van der Waals surface area (Å²) in [7, 11) is -1.07. The van der Waals surface area contributed by atoms with Crippen LogP contribution >= 0.6 is 23.5 Å². The predicted molar refractivity (Wildman–Crippen MR) is 235 cm³/mol. The molecule has 55 heavy (non-hydrogen) atoms. The first kappa shape index (κ1) is 45.2. The molecule has 0 bridgehead atoms. The lowest BCUT2D eigenvalue weighted by atomic mass is 9.84. The monoisotopic (exact) mass is 806 g/mol. The summed E-state index contributed by atoms with van der Waals surface area (Å²) in [4.78, 5) is 12.9. The van der Waals surface area contributed by atoms with Crippen molar-refractivity contribution in [2.75, 3.05) is 25.2 Å². The fraction of sp³-hybridized carbons (Fsp3) is 0.543. The zero-order chi connectivity index (χ0) is 40.1. The van der Waals surface area contributed by atoms with Gasteiger partial charge in [0.2, 0.25) is 0 Å². The lowest BCUT2D eigenvalue weighted by molar-refractivity contribution is -0.153. The topological polar surface area (TPSA) is 74.2 Å². The Bertz CT molecular complexity index is 1560. The van der Waals surface area contributed by atoms with E-state index in [1.54, 1.807) is 7.11 Å². The largest absolute Gasteiger partial charge is 0.497 e. The van der Waals surface area contributed by atoms with Crippen LogP contribution in [0.4, 0.5) is 0 Å². The van der Waals surface area contributed by atoms with E-state index >= 15 is 0 Å². The molecule has 4 rings (SSSR count). The molecule has 0 spiro atoms. The number of ether oxygens (including phenoxy) is 3. The Hall–Kier alpha value is -2.53. The van der Waals surface area contributed by atoms with E-state index < -0.39 is 20.5 Å². The second-order valence-corrected chi connectivity index (χ2v) is 23.4. The summed E-state index contributed by atoms with van der Waals surface area (Å²) in [6.45, 7) is 18.3. The van der Waals surface area contributed by atoms with Crippen LogP contribution in [0.5, 0.6) is 5.75 Å². The number of aliphatic hydroxyl groups is 1. The maximum atomic E-state index is 12.9. The number of hydrogen-bond donors (Lipinski definition) is 1. The minimum absolute atomic E-state index is 0.121. The summed E-state index contributed by atoms with van der Waals surface area (Å²) in [6.07, 6.45) is 3.92. The van der Waals surface area contributed by atoms with Gasteiger partial charge in [-0.05, 0) is 75.9 Å². The number of carbonyl (C=O) groups is 1. The van der Waals surface area contributed by atoms with Gasteiger partial charge in [-0.15, -0.1) is 23.5 Å². The van der Waals surface area contributed by atoms with E-state index in [0.29, 0.717) is 26.1 Å². The van der Waals surface area contributed by atoms with Crippen molar-refractivity contribution in [3.05, 3.63) is 102 Å². The Morgan fingerprint density at radius 3 is 1.98 bits per heavy atom. The van der Waals surface area contributed by atoms with Crippen molar-refractivity contribution in [2.24, 2.45) is 11.3 Å². The van der Waals surface area contributed by atoms with Gasteiger partial charge in [0.15, 0.2) is 0 Å². The number of thioether (sulfide) groups is 2. The second-order valence-electron chi connectivity index (χ2n) is 16.4. The minimum Gasteiger partial charge on any atom is -0.497 e. The van der Waals surface area contributed by atoms with Gasteiger partial charge in [-0.25, -0.2) is 0 Å². The van der Waals surface area contributed by atoms with E-state index in [0.717, 1.165) is 34.8 Å². The van der Waals surface area contributed by atoms with Gasteiger partial charge in [-0.3, -0.25) is 4.79 Å². The number of rotatable bonds is 20. The molecule has 302 valence electrons. The molecule has 1 fully saturated rings. The standard InChI is InChI=1S/C46H66O6S2Si/c1-10-35(33-51-55(45(4,5)6,39-19-14-12-15-20-39)40-21-16-13-17-22-40)29-34(3)41(50-32-36-23-25-37(49-9)26-24-36)30-38(52-43(48)11-2)31-42(47)46(7,8)44-53-27-18-28-54-44/h12-17,19-26,29,35,38,41-42,44,47H,10-11,18,27-28,30-33H2,1-9H3/b34-29-/t35-,38-,41-,42+/m1/s1. The van der Waals surface area contributed by atoms with E-state index in [2.05, 4.69) is 115 Å². The third kappa shape index (κ3) is 12.2. The van der Waals surface area contributed by atoms with Gasteiger partial charge in [0.05, 0.1) is 30.5 Å². The normalized spacial score (nSPS) is 16.9. The molecule has 1 heterocycles. The van der Waals surface area contributed by atoms with E-state index in [1.165, 1.54) is 16.8 Å². The Morgan fingerprint density at radius 2 is 1.47 bits per heavy atom. The fourth-order valence-electron chi connectivity index (χ4n) is 7.39. The van der Waals surface area contributed by atoms with Gasteiger partial charge in [-0.1, -0.05) is 127 Å². The smallest absolute Gasteiger partial charge is 0.305 e. The van der Waals surface area contributed by atoms with E-state index in [-0.39, 0.29) is 39.4 Å². The summed E-state index contributed by atoms with van der Waals surface area (Å²) < 4.78 is 25.9. The molecule has 0 aliphatic carbocycles. The van der Waals surface area contributed by atoms with Crippen LogP contribution in [0.3, 0.4) is 0 Å². The molecule has 1 saturated heterocycles. The average molecular weight is 807 g/mol. The lowest BCUT2D eigenvalue weighted by Gasteiger charge is -2.43. The highest BCUT2D eigenvalue weighted by molar-refractivity contribution is 8.17. The van der Waals surface area contributed by atoms with Crippen LogP contribution in [-0.4, -0.2) is 67.5 Å². The molecule has 0 saturated carbocycles. The van der Waals surface area contributed by atoms with Crippen molar-refractivity contribution in [3.63, 3.8) is 0 Å². The van der Waals surface area contributed by atoms with Crippen LogP contribution in [0, 0.1) is 11.3 Å². The van der Waals surface area contributed by atoms with Crippen molar-refractivity contribution >= 4 is 48.2 Å². The summed E-state index contributed by atoms with van der Waals surface area (Å²) >= 11 is 3.86. The molecular weight excluding hydrogens is 741 g/mol. The Balaban J connectivity index is 1.65. The minimum atomic E-state index is -2.73. The molecule has 1 aliphatic heterocycles. The van der Waals surface area contributed by atoms with E-state index in [9.17, 15) is 9.90 Å². The van der Waals surface area contributed by atoms with Crippen LogP contribution < -0.4 is 15.1 Å². The highest BCUT2D eigenvalue weighted by Gasteiger charge is 2.50. The van der Waals surface area contributed by atoms with Gasteiger partial charge < -0.3 is 23.7 Å². The maximum Gasteiger partial charge on any atom is 0.305 e. The van der Waals surface area contributed by atoms with Crippen molar-refractivity contribution < 1.29 is 28.5 Å². The zero-order valence-electron chi connectivity index (χ0n) is 34.7. The van der Waals surface area contributed by atoms with Crippen LogP contribution in [0.15, 0.2) is 96.6 Å². The molecule has 0 aromatic heterocycles. The number of methoxy groups -OCH3 is 1. The number of aliphatic hydroxyl groups excluding tert-OH is 1.